The molecule has 0 fully saturated rings. The molecule has 0 aliphatic rings. The number of benzene rings is 2. The number of hydrogen-bond acceptors (Lipinski definition) is 5. The number of guanidine groups is 1. The maximum absolute atomic E-state index is 12.3. The molecule has 0 spiro atoms. The monoisotopic (exact) mass is 448 g/mol. The van der Waals surface area contributed by atoms with Gasteiger partial charge in [0.25, 0.3) is 0 Å². The van der Waals surface area contributed by atoms with Crippen molar-refractivity contribution >= 4 is 21.7 Å². The fraction of sp³-hybridized carbons (Fsp3) is 0.409. The minimum atomic E-state index is -3.42. The SMILES string of the molecule is CCOc1ccc(NC(=NC)NCc2ccccc2CS(=O)(=O)NC(C)C)cc1OC. The number of aliphatic imine (C=N–C) groups is 1. The van der Waals surface area contributed by atoms with E-state index in [2.05, 4.69) is 20.3 Å². The molecule has 0 atom stereocenters. The molecule has 0 radical (unpaired) electrons. The van der Waals surface area contributed by atoms with Gasteiger partial charge in [-0.25, -0.2) is 13.1 Å². The Labute approximate surface area is 185 Å². The molecule has 3 N–H and O–H groups in total. The van der Waals surface area contributed by atoms with Crippen LogP contribution in [-0.2, 0) is 22.3 Å². The molecule has 0 amide bonds. The standard InChI is InChI=1S/C22H32N4O4S/c1-6-30-20-12-11-19(13-21(20)29-5)25-22(23-4)24-14-17-9-7-8-10-18(17)15-31(27,28)26-16(2)3/h7-13,16,26H,6,14-15H2,1-5H3,(H2,23,24,25). The van der Waals surface area contributed by atoms with Gasteiger partial charge >= 0.3 is 0 Å². The fourth-order valence-electron chi connectivity index (χ4n) is 2.99. The zero-order valence-corrected chi connectivity index (χ0v) is 19.5. The quantitative estimate of drug-likeness (QED) is 0.381. The first-order valence-electron chi connectivity index (χ1n) is 10.1. The maximum Gasteiger partial charge on any atom is 0.216 e. The Morgan fingerprint density at radius 3 is 2.42 bits per heavy atom. The number of methoxy groups -OCH3 is 1. The lowest BCUT2D eigenvalue weighted by molar-refractivity contribution is 0.311. The smallest absolute Gasteiger partial charge is 0.216 e. The van der Waals surface area contributed by atoms with Gasteiger partial charge in [-0.2, -0.15) is 0 Å². The average molecular weight is 449 g/mol. The summed E-state index contributed by atoms with van der Waals surface area (Å²) in [7, 11) is -0.153. The second-order valence-electron chi connectivity index (χ2n) is 7.15. The Balaban J connectivity index is 2.09. The Morgan fingerprint density at radius 1 is 1.10 bits per heavy atom. The molecular formula is C22H32N4O4S. The van der Waals surface area contributed by atoms with Gasteiger partial charge in [-0.1, -0.05) is 24.3 Å². The van der Waals surface area contributed by atoms with Crippen LogP contribution >= 0.6 is 0 Å². The number of hydrogen-bond donors (Lipinski definition) is 3. The largest absolute Gasteiger partial charge is 0.493 e. The highest BCUT2D eigenvalue weighted by atomic mass is 32.2. The van der Waals surface area contributed by atoms with Crippen LogP contribution in [0.3, 0.4) is 0 Å². The molecule has 0 heterocycles. The third kappa shape index (κ3) is 7.76. The lowest BCUT2D eigenvalue weighted by atomic mass is 10.1. The highest BCUT2D eigenvalue weighted by Gasteiger charge is 2.15. The third-order valence-electron chi connectivity index (χ3n) is 4.28. The molecular weight excluding hydrogens is 416 g/mol. The van der Waals surface area contributed by atoms with Crippen LogP contribution in [0.4, 0.5) is 5.69 Å². The molecule has 31 heavy (non-hydrogen) atoms. The summed E-state index contributed by atoms with van der Waals surface area (Å²) >= 11 is 0. The second kappa shape index (κ2) is 11.6. The topological polar surface area (TPSA) is 101 Å². The fourth-order valence-corrected chi connectivity index (χ4v) is 4.48. The van der Waals surface area contributed by atoms with Gasteiger partial charge in [0.1, 0.15) is 0 Å². The van der Waals surface area contributed by atoms with Crippen molar-refractivity contribution in [1.82, 2.24) is 10.0 Å². The van der Waals surface area contributed by atoms with Crippen molar-refractivity contribution in [3.05, 3.63) is 53.6 Å². The van der Waals surface area contributed by atoms with E-state index in [1.807, 2.05) is 49.4 Å². The first-order valence-corrected chi connectivity index (χ1v) is 11.8. The van der Waals surface area contributed by atoms with Gasteiger partial charge in [-0.15, -0.1) is 0 Å². The number of nitrogens with zero attached hydrogens (tertiary/aromatic N) is 1. The van der Waals surface area contributed by atoms with Crippen molar-refractivity contribution in [3.8, 4) is 11.5 Å². The summed E-state index contributed by atoms with van der Waals surface area (Å²) in [6.45, 7) is 6.49. The van der Waals surface area contributed by atoms with Gasteiger partial charge < -0.3 is 20.1 Å². The summed E-state index contributed by atoms with van der Waals surface area (Å²) in [5.41, 5.74) is 2.40. The third-order valence-corrected chi connectivity index (χ3v) is 5.80. The summed E-state index contributed by atoms with van der Waals surface area (Å²) in [5.74, 6) is 1.76. The minimum Gasteiger partial charge on any atom is -0.493 e. The van der Waals surface area contributed by atoms with Gasteiger partial charge in [0.15, 0.2) is 17.5 Å². The average Bonchev–Trinajstić information content (AvgIpc) is 2.71. The van der Waals surface area contributed by atoms with E-state index in [0.717, 1.165) is 16.8 Å². The summed E-state index contributed by atoms with van der Waals surface area (Å²) in [5, 5.41) is 6.44. The van der Waals surface area contributed by atoms with Crippen LogP contribution in [0.1, 0.15) is 31.9 Å². The molecule has 0 unspecified atom stereocenters. The van der Waals surface area contributed by atoms with Crippen LogP contribution in [0.2, 0.25) is 0 Å². The molecule has 0 bridgehead atoms. The van der Waals surface area contributed by atoms with Crippen molar-refractivity contribution in [3.63, 3.8) is 0 Å². The number of ether oxygens (including phenoxy) is 2. The van der Waals surface area contributed by atoms with E-state index in [1.54, 1.807) is 28.0 Å². The molecule has 0 saturated heterocycles. The van der Waals surface area contributed by atoms with Crippen molar-refractivity contribution in [1.29, 1.82) is 0 Å². The maximum atomic E-state index is 12.3. The first kappa shape index (κ1) is 24.5. The summed E-state index contributed by atoms with van der Waals surface area (Å²) in [6, 6.07) is 12.8. The zero-order chi connectivity index (χ0) is 22.9. The predicted octanol–water partition coefficient (Wildman–Crippen LogP) is 3.11. The van der Waals surface area contributed by atoms with Crippen molar-refractivity contribution in [2.75, 3.05) is 26.1 Å². The van der Waals surface area contributed by atoms with Gasteiger partial charge in [-0.05, 0) is 44.0 Å². The molecule has 9 heteroatoms. The molecule has 170 valence electrons. The first-order chi connectivity index (χ1) is 14.8. The van der Waals surface area contributed by atoms with E-state index >= 15 is 0 Å². The number of sulfonamides is 1. The van der Waals surface area contributed by atoms with Crippen molar-refractivity contribution in [2.24, 2.45) is 4.99 Å². The Kier molecular flexibility index (Phi) is 9.14. The number of nitrogens with one attached hydrogen (secondary N) is 3. The Morgan fingerprint density at radius 2 is 1.81 bits per heavy atom. The lowest BCUT2D eigenvalue weighted by Gasteiger charge is -2.16. The summed E-state index contributed by atoms with van der Waals surface area (Å²) in [6.07, 6.45) is 0. The molecule has 0 saturated carbocycles. The second-order valence-corrected chi connectivity index (χ2v) is 8.90. The van der Waals surface area contributed by atoms with E-state index < -0.39 is 10.0 Å². The molecule has 2 rings (SSSR count). The molecule has 8 nitrogen and oxygen atoms in total. The number of rotatable bonds is 10. The van der Waals surface area contributed by atoms with Crippen LogP contribution in [0, 0.1) is 0 Å². The van der Waals surface area contributed by atoms with Crippen LogP contribution < -0.4 is 24.8 Å². The summed E-state index contributed by atoms with van der Waals surface area (Å²) < 4.78 is 38.2. The van der Waals surface area contributed by atoms with Crippen molar-refractivity contribution < 1.29 is 17.9 Å². The lowest BCUT2D eigenvalue weighted by Crippen LogP contribution is -2.32. The van der Waals surface area contributed by atoms with E-state index in [1.165, 1.54) is 0 Å². The Bertz CT molecular complexity index is 991. The molecule has 2 aromatic carbocycles. The van der Waals surface area contributed by atoms with E-state index in [4.69, 9.17) is 9.47 Å². The Hall–Kier alpha value is -2.78. The van der Waals surface area contributed by atoms with Crippen LogP contribution in [-0.4, -0.2) is 41.2 Å². The highest BCUT2D eigenvalue weighted by Crippen LogP contribution is 2.30. The van der Waals surface area contributed by atoms with Crippen LogP contribution in [0.15, 0.2) is 47.5 Å². The van der Waals surface area contributed by atoms with Crippen LogP contribution in [0.5, 0.6) is 11.5 Å². The van der Waals surface area contributed by atoms with Gasteiger partial charge in [0.05, 0.1) is 19.5 Å². The van der Waals surface area contributed by atoms with Gasteiger partial charge in [0.2, 0.25) is 10.0 Å². The van der Waals surface area contributed by atoms with Gasteiger partial charge in [-0.3, -0.25) is 4.99 Å². The molecule has 0 aliphatic heterocycles. The molecule has 0 aliphatic carbocycles. The summed E-state index contributed by atoms with van der Waals surface area (Å²) in [4.78, 5) is 4.25. The zero-order valence-electron chi connectivity index (χ0n) is 18.7. The molecule has 0 aromatic heterocycles. The molecule has 2 aromatic rings. The normalized spacial score (nSPS) is 12.0. The van der Waals surface area contributed by atoms with Crippen molar-refractivity contribution in [2.45, 2.75) is 39.1 Å². The minimum absolute atomic E-state index is 0.0782. The van der Waals surface area contributed by atoms with E-state index in [-0.39, 0.29) is 11.8 Å². The van der Waals surface area contributed by atoms with Gasteiger partial charge in [0, 0.05) is 31.4 Å². The highest BCUT2D eigenvalue weighted by molar-refractivity contribution is 7.88. The number of anilines is 1. The van der Waals surface area contributed by atoms with E-state index in [9.17, 15) is 8.42 Å². The van der Waals surface area contributed by atoms with Crippen LogP contribution in [0.25, 0.3) is 0 Å². The predicted molar refractivity (Wildman–Crippen MR) is 125 cm³/mol. The van der Waals surface area contributed by atoms with E-state index in [0.29, 0.717) is 30.6 Å².